The van der Waals surface area contributed by atoms with E-state index in [1.165, 1.54) is 0 Å². The van der Waals surface area contributed by atoms with Crippen LogP contribution >= 0.6 is 0 Å². The second-order valence-electron chi connectivity index (χ2n) is 5.73. The molecule has 0 radical (unpaired) electrons. The first-order chi connectivity index (χ1) is 10.0. The maximum atomic E-state index is 12.1. The topological polar surface area (TPSA) is 71.3 Å². The molecule has 0 aliphatic heterocycles. The molecule has 1 atom stereocenters. The third-order valence-corrected chi connectivity index (χ3v) is 4.09. The number of carboxylic acids is 1. The van der Waals surface area contributed by atoms with Crippen LogP contribution in [0.1, 0.15) is 19.8 Å². The van der Waals surface area contributed by atoms with Crippen LogP contribution in [0.5, 0.6) is 0 Å². The first-order valence-electron chi connectivity index (χ1n) is 7.16. The first kappa shape index (κ1) is 13.7. The van der Waals surface area contributed by atoms with Gasteiger partial charge in [0.05, 0.1) is 0 Å². The van der Waals surface area contributed by atoms with Crippen molar-refractivity contribution in [1.82, 2.24) is 4.57 Å². The molecule has 110 valence electrons. The summed E-state index contributed by atoms with van der Waals surface area (Å²) in [4.78, 5) is 22.9. The number of rotatable bonds is 5. The maximum Gasteiger partial charge on any atom is 0.323 e. The lowest BCUT2D eigenvalue weighted by Crippen LogP contribution is -2.21. The van der Waals surface area contributed by atoms with E-state index < -0.39 is 5.97 Å². The van der Waals surface area contributed by atoms with Crippen LogP contribution in [0, 0.1) is 11.8 Å². The van der Waals surface area contributed by atoms with Crippen molar-refractivity contribution in [3.05, 3.63) is 30.5 Å². The number of anilines is 1. The molecular formula is C16H18N2O3. The summed E-state index contributed by atoms with van der Waals surface area (Å²) >= 11 is 0. The van der Waals surface area contributed by atoms with Gasteiger partial charge < -0.3 is 15.0 Å². The molecule has 5 nitrogen and oxygen atoms in total. The van der Waals surface area contributed by atoms with Crippen LogP contribution in [0.15, 0.2) is 30.5 Å². The summed E-state index contributed by atoms with van der Waals surface area (Å²) in [5.74, 6) is -0.229. The van der Waals surface area contributed by atoms with Crippen LogP contribution in [0.3, 0.4) is 0 Å². The van der Waals surface area contributed by atoms with Crippen LogP contribution in [0.4, 0.5) is 5.69 Å². The molecule has 1 aliphatic rings. The maximum absolute atomic E-state index is 12.1. The minimum atomic E-state index is -0.872. The lowest BCUT2D eigenvalue weighted by atomic mass is 10.1. The van der Waals surface area contributed by atoms with E-state index in [1.807, 2.05) is 31.2 Å². The Morgan fingerprint density at radius 1 is 1.38 bits per heavy atom. The van der Waals surface area contributed by atoms with Gasteiger partial charge in [0.1, 0.15) is 6.54 Å². The average molecular weight is 286 g/mol. The number of nitrogens with zero attached hydrogens (tertiary/aromatic N) is 1. The zero-order valence-corrected chi connectivity index (χ0v) is 11.9. The van der Waals surface area contributed by atoms with Gasteiger partial charge in [0.2, 0.25) is 5.91 Å². The normalized spacial score (nSPS) is 15.9. The molecule has 1 heterocycles. The summed E-state index contributed by atoms with van der Waals surface area (Å²) in [6, 6.07) is 7.40. The number of hydrogen-bond donors (Lipinski definition) is 2. The van der Waals surface area contributed by atoms with Crippen LogP contribution in [0.25, 0.3) is 10.9 Å². The van der Waals surface area contributed by atoms with E-state index in [0.717, 1.165) is 29.4 Å². The van der Waals surface area contributed by atoms with Gasteiger partial charge >= 0.3 is 5.97 Å². The second-order valence-corrected chi connectivity index (χ2v) is 5.73. The van der Waals surface area contributed by atoms with E-state index in [-0.39, 0.29) is 18.4 Å². The van der Waals surface area contributed by atoms with Crippen LogP contribution < -0.4 is 5.32 Å². The number of carbonyl (C=O) groups is 2. The summed E-state index contributed by atoms with van der Waals surface area (Å²) in [6.45, 7) is 1.91. The zero-order valence-electron chi connectivity index (χ0n) is 11.9. The molecule has 0 bridgehead atoms. The highest BCUT2D eigenvalue weighted by molar-refractivity contribution is 5.95. The minimum Gasteiger partial charge on any atom is -0.480 e. The number of aliphatic carboxylic acids is 1. The smallest absolute Gasteiger partial charge is 0.323 e. The van der Waals surface area contributed by atoms with Gasteiger partial charge in [0, 0.05) is 28.7 Å². The van der Waals surface area contributed by atoms with Gasteiger partial charge in [-0.15, -0.1) is 0 Å². The number of fused-ring (bicyclic) bond motifs is 1. The average Bonchev–Trinajstić information content (AvgIpc) is 3.21. The zero-order chi connectivity index (χ0) is 15.0. The van der Waals surface area contributed by atoms with Gasteiger partial charge in [-0.2, -0.15) is 0 Å². The van der Waals surface area contributed by atoms with Crippen molar-refractivity contribution >= 4 is 28.5 Å². The Hall–Kier alpha value is -2.30. The predicted octanol–water partition coefficient (Wildman–Crippen LogP) is 2.71. The third kappa shape index (κ3) is 2.91. The molecule has 5 heteroatoms. The van der Waals surface area contributed by atoms with Crippen molar-refractivity contribution in [2.75, 3.05) is 5.32 Å². The fourth-order valence-electron chi connectivity index (χ4n) is 2.63. The van der Waals surface area contributed by atoms with Crippen molar-refractivity contribution in [3.63, 3.8) is 0 Å². The third-order valence-electron chi connectivity index (χ3n) is 4.09. The van der Waals surface area contributed by atoms with Gasteiger partial charge in [-0.25, -0.2) is 0 Å². The molecular weight excluding hydrogens is 268 g/mol. The van der Waals surface area contributed by atoms with Gasteiger partial charge in [0.15, 0.2) is 0 Å². The van der Waals surface area contributed by atoms with Gasteiger partial charge in [0.25, 0.3) is 0 Å². The molecule has 2 N–H and O–H groups in total. The SMILES string of the molecule is CC(C(=O)Nc1ccc2c(ccn2CC(=O)O)c1)C1CC1. The van der Waals surface area contributed by atoms with Crippen LogP contribution in [-0.4, -0.2) is 21.6 Å². The molecule has 0 saturated heterocycles. The number of hydrogen-bond acceptors (Lipinski definition) is 2. The molecule has 2 aromatic rings. The highest BCUT2D eigenvalue weighted by atomic mass is 16.4. The molecule has 3 rings (SSSR count). The first-order valence-corrected chi connectivity index (χ1v) is 7.16. The summed E-state index contributed by atoms with van der Waals surface area (Å²) in [5, 5.41) is 12.7. The number of carbonyl (C=O) groups excluding carboxylic acids is 1. The minimum absolute atomic E-state index is 0.0531. The fraction of sp³-hybridized carbons (Fsp3) is 0.375. The predicted molar refractivity (Wildman–Crippen MR) is 80.1 cm³/mol. The number of carboxylic acid groups (broad SMARTS) is 1. The van der Waals surface area contributed by atoms with E-state index >= 15 is 0 Å². The van der Waals surface area contributed by atoms with Gasteiger partial charge in [-0.3, -0.25) is 9.59 Å². The van der Waals surface area contributed by atoms with E-state index in [1.54, 1.807) is 10.8 Å². The summed E-state index contributed by atoms with van der Waals surface area (Å²) < 4.78 is 1.68. The lowest BCUT2D eigenvalue weighted by Gasteiger charge is -2.11. The Kier molecular flexibility index (Phi) is 3.41. The number of amides is 1. The molecule has 0 spiro atoms. The van der Waals surface area contributed by atoms with Crippen molar-refractivity contribution in [2.45, 2.75) is 26.3 Å². The van der Waals surface area contributed by atoms with Gasteiger partial charge in [-0.05, 0) is 43.0 Å². The van der Waals surface area contributed by atoms with Gasteiger partial charge in [-0.1, -0.05) is 6.92 Å². The van der Waals surface area contributed by atoms with Crippen molar-refractivity contribution in [2.24, 2.45) is 11.8 Å². The van der Waals surface area contributed by atoms with E-state index in [0.29, 0.717) is 5.92 Å². The fourth-order valence-corrected chi connectivity index (χ4v) is 2.63. The monoisotopic (exact) mass is 286 g/mol. The summed E-state index contributed by atoms with van der Waals surface area (Å²) in [5.41, 5.74) is 1.61. The Morgan fingerprint density at radius 3 is 2.81 bits per heavy atom. The van der Waals surface area contributed by atoms with Crippen LogP contribution in [0.2, 0.25) is 0 Å². The quantitative estimate of drug-likeness (QED) is 0.887. The molecule has 21 heavy (non-hydrogen) atoms. The number of aromatic nitrogens is 1. The molecule has 1 aromatic carbocycles. The van der Waals surface area contributed by atoms with Crippen LogP contribution in [-0.2, 0) is 16.1 Å². The molecule has 1 saturated carbocycles. The number of benzene rings is 1. The molecule has 1 amide bonds. The largest absolute Gasteiger partial charge is 0.480 e. The van der Waals surface area contributed by atoms with E-state index in [9.17, 15) is 9.59 Å². The van der Waals surface area contributed by atoms with Crippen molar-refractivity contribution in [3.8, 4) is 0 Å². The molecule has 1 unspecified atom stereocenters. The molecule has 1 fully saturated rings. The number of nitrogens with one attached hydrogen (secondary N) is 1. The Bertz CT molecular complexity index is 701. The molecule has 1 aromatic heterocycles. The second kappa shape index (κ2) is 5.24. The highest BCUT2D eigenvalue weighted by Gasteiger charge is 2.32. The van der Waals surface area contributed by atoms with E-state index in [2.05, 4.69) is 5.32 Å². The Labute approximate surface area is 122 Å². The summed E-state index contributed by atoms with van der Waals surface area (Å²) in [7, 11) is 0. The standard InChI is InChI=1S/C16H18N2O3/c1-10(11-2-3-11)16(21)17-13-4-5-14-12(8-13)6-7-18(14)9-15(19)20/h4-8,10-11H,2-3,9H2,1H3,(H,17,21)(H,19,20). The Balaban J connectivity index is 1.78. The molecule has 1 aliphatic carbocycles. The van der Waals surface area contributed by atoms with Crippen molar-refractivity contribution < 1.29 is 14.7 Å². The van der Waals surface area contributed by atoms with E-state index in [4.69, 9.17) is 5.11 Å². The highest BCUT2D eigenvalue weighted by Crippen LogP contribution is 2.37. The van der Waals surface area contributed by atoms with Crippen molar-refractivity contribution in [1.29, 1.82) is 0 Å². The summed E-state index contributed by atoms with van der Waals surface area (Å²) in [6.07, 6.45) is 4.04. The Morgan fingerprint density at radius 2 is 2.14 bits per heavy atom. The lowest BCUT2D eigenvalue weighted by molar-refractivity contribution is -0.137.